The van der Waals surface area contributed by atoms with Gasteiger partial charge in [0.25, 0.3) is 0 Å². The quantitative estimate of drug-likeness (QED) is 0.717. The summed E-state index contributed by atoms with van der Waals surface area (Å²) in [6.45, 7) is 9.23. The maximum absolute atomic E-state index is 11.0. The predicted molar refractivity (Wildman–Crippen MR) is 88.4 cm³/mol. The maximum atomic E-state index is 11.0. The van der Waals surface area contributed by atoms with Crippen molar-refractivity contribution in [3.8, 4) is 0 Å². The van der Waals surface area contributed by atoms with Crippen LogP contribution in [0.25, 0.3) is 0 Å². The highest BCUT2D eigenvalue weighted by Gasteiger charge is 2.14. The van der Waals surface area contributed by atoms with Crippen LogP contribution in [0.2, 0.25) is 0 Å². The average Bonchev–Trinajstić information content (AvgIpc) is 2.43. The minimum atomic E-state index is -0.0330. The number of carbonyl (C=O) groups excluding carboxylic acids is 1. The van der Waals surface area contributed by atoms with Crippen molar-refractivity contribution in [3.63, 3.8) is 0 Å². The number of rotatable bonds is 8. The van der Waals surface area contributed by atoms with E-state index in [-0.39, 0.29) is 5.91 Å². The second-order valence-electron chi connectivity index (χ2n) is 5.07. The molecule has 3 nitrogen and oxygen atoms in total. The summed E-state index contributed by atoms with van der Waals surface area (Å²) >= 11 is 1.86. The Balaban J connectivity index is 2.52. The van der Waals surface area contributed by atoms with Gasteiger partial charge in [-0.3, -0.25) is 4.79 Å². The monoisotopic (exact) mass is 294 g/mol. The van der Waals surface area contributed by atoms with Crippen LogP contribution in [-0.4, -0.2) is 24.2 Å². The Hall–Kier alpha value is -1.00. The van der Waals surface area contributed by atoms with Gasteiger partial charge in [0.1, 0.15) is 0 Å². The molecule has 1 aromatic rings. The summed E-state index contributed by atoms with van der Waals surface area (Å²) in [6, 6.07) is 8.58. The van der Waals surface area contributed by atoms with Gasteiger partial charge < -0.3 is 10.6 Å². The molecule has 0 heterocycles. The molecular formula is C16H26N2OS. The summed E-state index contributed by atoms with van der Waals surface area (Å²) in [6.07, 6.45) is 1.19. The Labute approximate surface area is 126 Å². The van der Waals surface area contributed by atoms with Crippen LogP contribution in [0, 0.1) is 5.92 Å². The highest BCUT2D eigenvalue weighted by Crippen LogP contribution is 2.23. The van der Waals surface area contributed by atoms with Crippen molar-refractivity contribution in [2.45, 2.75) is 45.1 Å². The Bertz CT molecular complexity index is 405. The maximum Gasteiger partial charge on any atom is 0.221 e. The van der Waals surface area contributed by atoms with E-state index in [0.717, 1.165) is 18.0 Å². The van der Waals surface area contributed by atoms with Gasteiger partial charge >= 0.3 is 0 Å². The topological polar surface area (TPSA) is 41.1 Å². The lowest BCUT2D eigenvalue weighted by molar-refractivity contribution is -0.114. The van der Waals surface area contributed by atoms with E-state index in [1.165, 1.54) is 18.2 Å². The molecule has 0 fully saturated rings. The molecule has 1 rings (SSSR count). The molecule has 0 radical (unpaired) electrons. The van der Waals surface area contributed by atoms with Crippen molar-refractivity contribution in [2.75, 3.05) is 17.6 Å². The first-order valence-electron chi connectivity index (χ1n) is 7.30. The molecule has 0 saturated carbocycles. The molecule has 2 unspecified atom stereocenters. The van der Waals surface area contributed by atoms with Crippen LogP contribution in [0.5, 0.6) is 0 Å². The second kappa shape index (κ2) is 9.03. The van der Waals surface area contributed by atoms with Crippen LogP contribution < -0.4 is 10.6 Å². The van der Waals surface area contributed by atoms with Gasteiger partial charge in [-0.1, -0.05) is 27.2 Å². The van der Waals surface area contributed by atoms with E-state index in [0.29, 0.717) is 12.0 Å². The first-order valence-corrected chi connectivity index (χ1v) is 8.29. The molecule has 20 heavy (non-hydrogen) atoms. The number of carbonyl (C=O) groups is 1. The fourth-order valence-corrected chi connectivity index (χ4v) is 3.14. The average molecular weight is 294 g/mol. The molecule has 0 aromatic heterocycles. The Kier molecular flexibility index (Phi) is 7.70. The minimum absolute atomic E-state index is 0.0330. The highest BCUT2D eigenvalue weighted by molar-refractivity contribution is 7.99. The number of anilines is 1. The molecule has 2 N–H and O–H groups in total. The molecule has 2 atom stereocenters. The van der Waals surface area contributed by atoms with Gasteiger partial charge in [0, 0.05) is 29.3 Å². The molecule has 0 aliphatic rings. The smallest absolute Gasteiger partial charge is 0.221 e. The van der Waals surface area contributed by atoms with Gasteiger partial charge in [-0.05, 0) is 36.7 Å². The number of amides is 1. The lowest BCUT2D eigenvalue weighted by Gasteiger charge is -2.23. The first-order chi connectivity index (χ1) is 9.56. The predicted octanol–water partition coefficient (Wildman–Crippen LogP) is 3.76. The summed E-state index contributed by atoms with van der Waals surface area (Å²) in [4.78, 5) is 12.2. The van der Waals surface area contributed by atoms with Crippen LogP contribution in [0.4, 0.5) is 5.69 Å². The van der Waals surface area contributed by atoms with E-state index in [2.05, 4.69) is 43.5 Å². The van der Waals surface area contributed by atoms with Gasteiger partial charge in [0.05, 0.1) is 0 Å². The summed E-state index contributed by atoms with van der Waals surface area (Å²) in [5, 5.41) is 6.35. The van der Waals surface area contributed by atoms with E-state index in [4.69, 9.17) is 0 Å². The van der Waals surface area contributed by atoms with E-state index in [1.54, 1.807) is 0 Å². The fraction of sp³-hybridized carbons (Fsp3) is 0.562. The summed E-state index contributed by atoms with van der Waals surface area (Å²) in [7, 11) is 0. The normalized spacial score (nSPS) is 13.8. The fourth-order valence-electron chi connectivity index (χ4n) is 1.99. The second-order valence-corrected chi connectivity index (χ2v) is 6.16. The zero-order valence-electron chi connectivity index (χ0n) is 12.9. The standard InChI is InChI=1S/C16H26N2OS/c1-5-12(3)16(17-6-2)11-20-15-9-7-14(8-10-15)18-13(4)19/h7-10,12,16-17H,5-6,11H2,1-4H3,(H,18,19). The van der Waals surface area contributed by atoms with Gasteiger partial charge in [-0.25, -0.2) is 0 Å². The Morgan fingerprint density at radius 2 is 1.90 bits per heavy atom. The number of hydrogen-bond donors (Lipinski definition) is 2. The largest absolute Gasteiger partial charge is 0.326 e. The third kappa shape index (κ3) is 5.97. The molecule has 0 saturated heterocycles. The van der Waals surface area contributed by atoms with Crippen molar-refractivity contribution in [3.05, 3.63) is 24.3 Å². The van der Waals surface area contributed by atoms with Crippen LogP contribution in [-0.2, 0) is 4.79 Å². The van der Waals surface area contributed by atoms with Crippen molar-refractivity contribution < 1.29 is 4.79 Å². The van der Waals surface area contributed by atoms with Crippen molar-refractivity contribution in [1.29, 1.82) is 0 Å². The SMILES string of the molecule is CCNC(CSc1ccc(NC(C)=O)cc1)C(C)CC. The molecule has 0 spiro atoms. The van der Waals surface area contributed by atoms with Crippen LogP contribution in [0.3, 0.4) is 0 Å². The number of nitrogens with one attached hydrogen (secondary N) is 2. The summed E-state index contributed by atoms with van der Waals surface area (Å²) in [5.74, 6) is 1.72. The molecule has 4 heteroatoms. The van der Waals surface area contributed by atoms with Gasteiger partial charge in [0.15, 0.2) is 0 Å². The lowest BCUT2D eigenvalue weighted by Crippen LogP contribution is -2.36. The zero-order valence-corrected chi connectivity index (χ0v) is 13.7. The van der Waals surface area contributed by atoms with Crippen LogP contribution in [0.1, 0.15) is 34.1 Å². The van der Waals surface area contributed by atoms with E-state index >= 15 is 0 Å². The third-order valence-corrected chi connectivity index (χ3v) is 4.53. The lowest BCUT2D eigenvalue weighted by atomic mass is 10.0. The Morgan fingerprint density at radius 1 is 1.25 bits per heavy atom. The minimum Gasteiger partial charge on any atom is -0.326 e. The third-order valence-electron chi connectivity index (χ3n) is 3.40. The van der Waals surface area contributed by atoms with E-state index < -0.39 is 0 Å². The molecule has 112 valence electrons. The van der Waals surface area contributed by atoms with Crippen LogP contribution >= 0.6 is 11.8 Å². The molecule has 1 amide bonds. The molecule has 0 aliphatic carbocycles. The highest BCUT2D eigenvalue weighted by atomic mass is 32.2. The Morgan fingerprint density at radius 3 is 2.40 bits per heavy atom. The van der Waals surface area contributed by atoms with E-state index in [1.807, 2.05) is 23.9 Å². The summed E-state index contributed by atoms with van der Waals surface area (Å²) < 4.78 is 0. The number of hydrogen-bond acceptors (Lipinski definition) is 3. The van der Waals surface area contributed by atoms with Crippen molar-refractivity contribution >= 4 is 23.4 Å². The van der Waals surface area contributed by atoms with Gasteiger partial charge in [0.2, 0.25) is 5.91 Å². The first kappa shape index (κ1) is 17.1. The van der Waals surface area contributed by atoms with Gasteiger partial charge in [-0.15, -0.1) is 11.8 Å². The molecular weight excluding hydrogens is 268 g/mol. The molecule has 1 aromatic carbocycles. The van der Waals surface area contributed by atoms with Crippen LogP contribution in [0.15, 0.2) is 29.2 Å². The number of benzene rings is 1. The van der Waals surface area contributed by atoms with E-state index in [9.17, 15) is 4.79 Å². The van der Waals surface area contributed by atoms with Crippen molar-refractivity contribution in [2.24, 2.45) is 5.92 Å². The number of thioether (sulfide) groups is 1. The molecule has 0 bridgehead atoms. The van der Waals surface area contributed by atoms with Crippen molar-refractivity contribution in [1.82, 2.24) is 5.32 Å². The zero-order chi connectivity index (χ0) is 15.0. The molecule has 0 aliphatic heterocycles. The van der Waals surface area contributed by atoms with Gasteiger partial charge in [-0.2, -0.15) is 0 Å². The summed E-state index contributed by atoms with van der Waals surface area (Å²) in [5.41, 5.74) is 0.854.